The van der Waals surface area contributed by atoms with Crippen LogP contribution in [0, 0.1) is 5.92 Å². The fourth-order valence-corrected chi connectivity index (χ4v) is 3.18. The summed E-state index contributed by atoms with van der Waals surface area (Å²) in [5.74, 6) is -0.517. The summed E-state index contributed by atoms with van der Waals surface area (Å²) in [7, 11) is 0. The molecule has 0 spiro atoms. The number of hydrogen-bond donors (Lipinski definition) is 1. The Bertz CT molecular complexity index is 407. The number of hydrogen-bond acceptors (Lipinski definition) is 2. The lowest BCUT2D eigenvalue weighted by Crippen LogP contribution is -2.19. The lowest BCUT2D eigenvalue weighted by Gasteiger charge is -2.11. The van der Waals surface area contributed by atoms with Crippen LogP contribution in [-0.2, 0) is 4.79 Å². The highest BCUT2D eigenvalue weighted by Crippen LogP contribution is 2.57. The molecule has 4 heteroatoms. The standard InChI is InChI=1S/C11H11ClO2S/c1-7-6-11(7,10(13)14)15-9-5-3-2-4-8(9)12/h2-5,7H,6H2,1H3,(H,13,14). The summed E-state index contributed by atoms with van der Waals surface area (Å²) < 4.78 is -0.648. The summed E-state index contributed by atoms with van der Waals surface area (Å²) in [5, 5.41) is 9.79. The zero-order valence-electron chi connectivity index (χ0n) is 8.24. The van der Waals surface area contributed by atoms with Crippen LogP contribution in [0.4, 0.5) is 0 Å². The first kappa shape index (κ1) is 10.8. The van der Waals surface area contributed by atoms with Crippen LogP contribution in [0.15, 0.2) is 29.2 Å². The molecule has 1 aliphatic carbocycles. The molecule has 1 aliphatic rings. The number of carbonyl (C=O) groups is 1. The van der Waals surface area contributed by atoms with Gasteiger partial charge in [-0.3, -0.25) is 4.79 Å². The van der Waals surface area contributed by atoms with Crippen molar-refractivity contribution in [2.75, 3.05) is 0 Å². The molecule has 1 fully saturated rings. The third-order valence-electron chi connectivity index (χ3n) is 2.74. The highest BCUT2D eigenvalue weighted by Gasteiger charge is 2.59. The molecule has 0 bridgehead atoms. The van der Waals surface area contributed by atoms with Gasteiger partial charge in [0.2, 0.25) is 0 Å². The molecule has 1 aromatic rings. The Hall–Kier alpha value is -0.670. The van der Waals surface area contributed by atoms with E-state index in [1.54, 1.807) is 6.07 Å². The molecule has 0 radical (unpaired) electrons. The SMILES string of the molecule is CC1CC1(Sc1ccccc1Cl)C(=O)O. The summed E-state index contributed by atoms with van der Waals surface area (Å²) in [4.78, 5) is 12.0. The van der Waals surface area contributed by atoms with Crippen molar-refractivity contribution in [2.24, 2.45) is 5.92 Å². The van der Waals surface area contributed by atoms with E-state index >= 15 is 0 Å². The van der Waals surface area contributed by atoms with Gasteiger partial charge < -0.3 is 5.11 Å². The average Bonchev–Trinajstić information content (AvgIpc) is 2.82. The maximum Gasteiger partial charge on any atom is 0.320 e. The number of benzene rings is 1. The molecule has 0 heterocycles. The maximum absolute atomic E-state index is 11.1. The van der Waals surface area contributed by atoms with E-state index in [4.69, 9.17) is 16.7 Å². The molecule has 2 unspecified atom stereocenters. The second kappa shape index (κ2) is 3.72. The van der Waals surface area contributed by atoms with Gasteiger partial charge in [-0.1, -0.05) is 30.7 Å². The summed E-state index contributed by atoms with van der Waals surface area (Å²) >= 11 is 7.37. The number of carboxylic acids is 1. The fraction of sp³-hybridized carbons (Fsp3) is 0.364. The number of carboxylic acid groups (broad SMARTS) is 1. The van der Waals surface area contributed by atoms with Crippen LogP contribution in [0.25, 0.3) is 0 Å². The van der Waals surface area contributed by atoms with E-state index in [0.717, 1.165) is 11.3 Å². The van der Waals surface area contributed by atoms with Crippen molar-refractivity contribution in [1.29, 1.82) is 0 Å². The molecule has 2 nitrogen and oxygen atoms in total. The molecule has 15 heavy (non-hydrogen) atoms. The van der Waals surface area contributed by atoms with E-state index in [-0.39, 0.29) is 5.92 Å². The number of aliphatic carboxylic acids is 1. The van der Waals surface area contributed by atoms with Crippen molar-refractivity contribution in [2.45, 2.75) is 23.0 Å². The van der Waals surface area contributed by atoms with Crippen LogP contribution in [0.5, 0.6) is 0 Å². The lowest BCUT2D eigenvalue weighted by atomic mass is 10.3. The molecule has 1 saturated carbocycles. The first-order valence-corrected chi connectivity index (χ1v) is 5.92. The van der Waals surface area contributed by atoms with Gasteiger partial charge in [-0.05, 0) is 24.5 Å². The Morgan fingerprint density at radius 1 is 1.60 bits per heavy atom. The van der Waals surface area contributed by atoms with Crippen LogP contribution >= 0.6 is 23.4 Å². The smallest absolute Gasteiger partial charge is 0.320 e. The minimum atomic E-state index is -0.736. The van der Waals surface area contributed by atoms with Crippen molar-refractivity contribution < 1.29 is 9.90 Å². The molecule has 0 aromatic heterocycles. The molecule has 2 rings (SSSR count). The Labute approximate surface area is 97.6 Å². The lowest BCUT2D eigenvalue weighted by molar-refractivity contribution is -0.137. The van der Waals surface area contributed by atoms with Gasteiger partial charge in [0, 0.05) is 4.90 Å². The normalized spacial score (nSPS) is 28.8. The number of rotatable bonds is 3. The zero-order valence-corrected chi connectivity index (χ0v) is 9.81. The van der Waals surface area contributed by atoms with Crippen LogP contribution in [0.3, 0.4) is 0 Å². The maximum atomic E-state index is 11.1. The van der Waals surface area contributed by atoms with Crippen LogP contribution in [-0.4, -0.2) is 15.8 Å². The van der Waals surface area contributed by atoms with E-state index < -0.39 is 10.7 Å². The zero-order chi connectivity index (χ0) is 11.1. The van der Waals surface area contributed by atoms with Gasteiger partial charge in [0.15, 0.2) is 0 Å². The molecular formula is C11H11ClO2S. The van der Waals surface area contributed by atoms with Gasteiger partial charge in [-0.15, -0.1) is 11.8 Å². The Kier molecular flexibility index (Phi) is 2.69. The third-order valence-corrected chi connectivity index (χ3v) is 4.86. The monoisotopic (exact) mass is 242 g/mol. The van der Waals surface area contributed by atoms with Gasteiger partial charge >= 0.3 is 5.97 Å². The van der Waals surface area contributed by atoms with Crippen LogP contribution in [0.1, 0.15) is 13.3 Å². The third kappa shape index (κ3) is 1.86. The summed E-state index contributed by atoms with van der Waals surface area (Å²) in [6, 6.07) is 7.36. The fourth-order valence-electron chi connectivity index (χ4n) is 1.60. The van der Waals surface area contributed by atoms with Gasteiger partial charge in [0.1, 0.15) is 4.75 Å². The number of halogens is 1. The van der Waals surface area contributed by atoms with E-state index in [9.17, 15) is 4.79 Å². The van der Waals surface area contributed by atoms with Crippen molar-refractivity contribution in [1.82, 2.24) is 0 Å². The second-order valence-corrected chi connectivity index (χ2v) is 5.61. The highest BCUT2D eigenvalue weighted by atomic mass is 35.5. The van der Waals surface area contributed by atoms with Gasteiger partial charge in [-0.2, -0.15) is 0 Å². The molecule has 2 atom stereocenters. The summed E-state index contributed by atoms with van der Waals surface area (Å²) in [6.07, 6.45) is 0.720. The first-order chi connectivity index (χ1) is 7.06. The van der Waals surface area contributed by atoms with Crippen molar-refractivity contribution >= 4 is 29.3 Å². The molecule has 0 saturated heterocycles. The quantitative estimate of drug-likeness (QED) is 0.884. The first-order valence-electron chi connectivity index (χ1n) is 4.73. The van der Waals surface area contributed by atoms with E-state index in [0.29, 0.717) is 5.02 Å². The average molecular weight is 243 g/mol. The molecule has 1 N–H and O–H groups in total. The predicted octanol–water partition coefficient (Wildman–Crippen LogP) is 3.30. The van der Waals surface area contributed by atoms with Crippen LogP contribution < -0.4 is 0 Å². The minimum Gasteiger partial charge on any atom is -0.480 e. The molecule has 0 amide bonds. The summed E-state index contributed by atoms with van der Waals surface area (Å²) in [5.41, 5.74) is 0. The summed E-state index contributed by atoms with van der Waals surface area (Å²) in [6.45, 7) is 1.96. The van der Waals surface area contributed by atoms with E-state index in [1.165, 1.54) is 11.8 Å². The highest BCUT2D eigenvalue weighted by molar-refractivity contribution is 8.01. The molecular weight excluding hydrogens is 232 g/mol. The van der Waals surface area contributed by atoms with E-state index in [1.807, 2.05) is 25.1 Å². The van der Waals surface area contributed by atoms with Crippen molar-refractivity contribution in [3.8, 4) is 0 Å². The minimum absolute atomic E-state index is 0.219. The molecule has 1 aromatic carbocycles. The van der Waals surface area contributed by atoms with Gasteiger partial charge in [-0.25, -0.2) is 0 Å². The van der Waals surface area contributed by atoms with Gasteiger partial charge in [0.05, 0.1) is 5.02 Å². The number of thioether (sulfide) groups is 1. The van der Waals surface area contributed by atoms with Crippen molar-refractivity contribution in [3.05, 3.63) is 29.3 Å². The van der Waals surface area contributed by atoms with Crippen molar-refractivity contribution in [3.63, 3.8) is 0 Å². The van der Waals surface area contributed by atoms with Gasteiger partial charge in [0.25, 0.3) is 0 Å². The molecule has 0 aliphatic heterocycles. The second-order valence-electron chi connectivity index (χ2n) is 3.83. The van der Waals surface area contributed by atoms with E-state index in [2.05, 4.69) is 0 Å². The largest absolute Gasteiger partial charge is 0.480 e. The Morgan fingerprint density at radius 3 is 2.67 bits per heavy atom. The van der Waals surface area contributed by atoms with Crippen LogP contribution in [0.2, 0.25) is 5.02 Å². The predicted molar refractivity (Wildman–Crippen MR) is 61.5 cm³/mol. The Balaban J connectivity index is 2.23. The topological polar surface area (TPSA) is 37.3 Å². The molecule has 80 valence electrons. The Morgan fingerprint density at radius 2 is 2.20 bits per heavy atom.